The van der Waals surface area contributed by atoms with E-state index in [1.54, 1.807) is 18.6 Å². The number of nitrogens with zero attached hydrogens (tertiary/aromatic N) is 6. The Bertz CT molecular complexity index is 1340. The first kappa shape index (κ1) is 24.5. The molecule has 0 atom stereocenters. The summed E-state index contributed by atoms with van der Waals surface area (Å²) in [5.74, 6) is 0.413. The van der Waals surface area contributed by atoms with Crippen LogP contribution in [0.15, 0.2) is 85.3 Å². The standard InChI is InChI=1S/C29H31N7O/c1-22-10-11-26(33-29-31-14-12-25(32-29)24-9-6-13-30-20-24)27(19-22)36(21-35-17-15-34(2)16-18-35)28(37)23-7-4-3-5-8-23/h3-14,19-20H,15-18,21H2,1-2H3,(H,31,32,33). The Morgan fingerprint density at radius 3 is 2.54 bits per heavy atom. The number of nitrogens with one attached hydrogen (secondary N) is 1. The Morgan fingerprint density at radius 2 is 1.78 bits per heavy atom. The summed E-state index contributed by atoms with van der Waals surface area (Å²) in [6.07, 6.45) is 5.24. The average molecular weight is 494 g/mol. The Labute approximate surface area is 217 Å². The molecule has 0 bridgehead atoms. The van der Waals surface area contributed by atoms with E-state index < -0.39 is 0 Å². The molecule has 2 aromatic heterocycles. The summed E-state index contributed by atoms with van der Waals surface area (Å²) in [6.45, 7) is 6.28. The minimum atomic E-state index is -0.0433. The molecule has 2 aromatic carbocycles. The van der Waals surface area contributed by atoms with Crippen LogP contribution in [0.1, 0.15) is 15.9 Å². The quantitative estimate of drug-likeness (QED) is 0.408. The third-order valence-corrected chi connectivity index (χ3v) is 6.51. The van der Waals surface area contributed by atoms with E-state index in [0.717, 1.165) is 54.4 Å². The van der Waals surface area contributed by atoms with Crippen LogP contribution in [0.2, 0.25) is 0 Å². The lowest BCUT2D eigenvalue weighted by atomic mass is 10.1. The molecule has 188 valence electrons. The second-order valence-electron chi connectivity index (χ2n) is 9.31. The molecule has 1 saturated heterocycles. The second-order valence-corrected chi connectivity index (χ2v) is 9.31. The number of hydrogen-bond acceptors (Lipinski definition) is 7. The van der Waals surface area contributed by atoms with Gasteiger partial charge in [0, 0.05) is 55.9 Å². The molecular formula is C29H31N7O. The summed E-state index contributed by atoms with van der Waals surface area (Å²) >= 11 is 0. The SMILES string of the molecule is Cc1ccc(Nc2nccc(-c3cccnc3)n2)c(N(CN2CCN(C)CC2)C(=O)c2ccccc2)c1. The zero-order valence-electron chi connectivity index (χ0n) is 21.2. The van der Waals surface area contributed by atoms with Crippen LogP contribution in [0, 0.1) is 6.92 Å². The lowest BCUT2D eigenvalue weighted by molar-refractivity contribution is 0.0945. The van der Waals surface area contributed by atoms with Gasteiger partial charge < -0.3 is 10.2 Å². The first-order chi connectivity index (χ1) is 18.1. The molecule has 0 aliphatic carbocycles. The van der Waals surface area contributed by atoms with Crippen LogP contribution in [0.4, 0.5) is 17.3 Å². The number of piperazine rings is 1. The maximum Gasteiger partial charge on any atom is 0.259 e. The molecule has 5 rings (SSSR count). The van der Waals surface area contributed by atoms with E-state index in [0.29, 0.717) is 18.2 Å². The lowest BCUT2D eigenvalue weighted by Crippen LogP contribution is -2.50. The van der Waals surface area contributed by atoms with Crippen molar-refractivity contribution < 1.29 is 4.79 Å². The number of aromatic nitrogens is 3. The van der Waals surface area contributed by atoms with Crippen molar-refractivity contribution in [2.75, 3.05) is 50.1 Å². The highest BCUT2D eigenvalue weighted by Crippen LogP contribution is 2.31. The number of hydrogen-bond donors (Lipinski definition) is 1. The fourth-order valence-corrected chi connectivity index (χ4v) is 4.36. The van der Waals surface area contributed by atoms with Gasteiger partial charge in [0.05, 0.1) is 23.7 Å². The van der Waals surface area contributed by atoms with Gasteiger partial charge in [-0.15, -0.1) is 0 Å². The fourth-order valence-electron chi connectivity index (χ4n) is 4.36. The van der Waals surface area contributed by atoms with Gasteiger partial charge in [-0.3, -0.25) is 19.6 Å². The van der Waals surface area contributed by atoms with E-state index in [9.17, 15) is 4.79 Å². The highest BCUT2D eigenvalue weighted by molar-refractivity contribution is 6.08. The maximum atomic E-state index is 13.9. The number of amides is 1. The van der Waals surface area contributed by atoms with Gasteiger partial charge in [-0.1, -0.05) is 24.3 Å². The van der Waals surface area contributed by atoms with Gasteiger partial charge in [-0.05, 0) is 62.0 Å². The molecule has 4 aromatic rings. The van der Waals surface area contributed by atoms with Gasteiger partial charge in [-0.2, -0.15) is 0 Å². The predicted octanol–water partition coefficient (Wildman–Crippen LogP) is 4.44. The van der Waals surface area contributed by atoms with Crippen molar-refractivity contribution in [1.82, 2.24) is 24.8 Å². The van der Waals surface area contributed by atoms with E-state index >= 15 is 0 Å². The first-order valence-corrected chi connectivity index (χ1v) is 12.5. The highest BCUT2D eigenvalue weighted by atomic mass is 16.2. The first-order valence-electron chi connectivity index (χ1n) is 12.5. The highest BCUT2D eigenvalue weighted by Gasteiger charge is 2.25. The van der Waals surface area contributed by atoms with Crippen LogP contribution < -0.4 is 10.2 Å². The lowest BCUT2D eigenvalue weighted by Gasteiger charge is -2.36. The molecule has 37 heavy (non-hydrogen) atoms. The van der Waals surface area contributed by atoms with Crippen LogP contribution in [0.5, 0.6) is 0 Å². The van der Waals surface area contributed by atoms with Crippen LogP contribution in [-0.2, 0) is 0 Å². The van der Waals surface area contributed by atoms with Gasteiger partial charge in [0.1, 0.15) is 0 Å². The van der Waals surface area contributed by atoms with Crippen molar-refractivity contribution in [3.8, 4) is 11.3 Å². The number of aryl methyl sites for hydroxylation is 1. The van der Waals surface area contributed by atoms with Gasteiger partial charge in [0.15, 0.2) is 0 Å². The number of benzene rings is 2. The third kappa shape index (κ3) is 5.99. The van der Waals surface area contributed by atoms with Gasteiger partial charge in [0.25, 0.3) is 5.91 Å². The van der Waals surface area contributed by atoms with Gasteiger partial charge in [0.2, 0.25) is 5.95 Å². The van der Waals surface area contributed by atoms with Gasteiger partial charge in [-0.25, -0.2) is 9.97 Å². The minimum Gasteiger partial charge on any atom is -0.322 e. The molecule has 3 heterocycles. The third-order valence-electron chi connectivity index (χ3n) is 6.51. The van der Waals surface area contributed by atoms with Crippen LogP contribution in [0.25, 0.3) is 11.3 Å². The summed E-state index contributed by atoms with van der Waals surface area (Å²) in [5, 5.41) is 3.38. The smallest absolute Gasteiger partial charge is 0.259 e. The Kier molecular flexibility index (Phi) is 7.49. The van der Waals surface area contributed by atoms with Crippen molar-refractivity contribution in [3.05, 3.63) is 96.4 Å². The molecule has 1 N–H and O–H groups in total. The van der Waals surface area contributed by atoms with Crippen molar-refractivity contribution in [2.24, 2.45) is 0 Å². The molecule has 0 spiro atoms. The Balaban J connectivity index is 1.49. The summed E-state index contributed by atoms with van der Waals surface area (Å²) < 4.78 is 0. The number of pyridine rings is 1. The monoisotopic (exact) mass is 493 g/mol. The number of carbonyl (C=O) groups excluding carboxylic acids is 1. The zero-order valence-corrected chi connectivity index (χ0v) is 21.2. The summed E-state index contributed by atoms with van der Waals surface area (Å²) in [6, 6.07) is 21.2. The molecule has 0 radical (unpaired) electrons. The van der Waals surface area contributed by atoms with E-state index in [4.69, 9.17) is 4.98 Å². The van der Waals surface area contributed by atoms with Crippen molar-refractivity contribution in [1.29, 1.82) is 0 Å². The summed E-state index contributed by atoms with van der Waals surface area (Å²) in [4.78, 5) is 33.7. The molecule has 8 heteroatoms. The zero-order chi connectivity index (χ0) is 25.6. The summed E-state index contributed by atoms with van der Waals surface area (Å²) in [5.41, 5.74) is 4.96. The maximum absolute atomic E-state index is 13.9. The molecule has 1 aliphatic rings. The van der Waals surface area contributed by atoms with Crippen molar-refractivity contribution in [3.63, 3.8) is 0 Å². The molecule has 1 aliphatic heterocycles. The molecule has 0 saturated carbocycles. The Morgan fingerprint density at radius 1 is 0.973 bits per heavy atom. The van der Waals surface area contributed by atoms with E-state index in [1.165, 1.54) is 0 Å². The van der Waals surface area contributed by atoms with E-state index in [-0.39, 0.29) is 5.91 Å². The predicted molar refractivity (Wildman–Crippen MR) is 147 cm³/mol. The number of rotatable bonds is 7. The van der Waals surface area contributed by atoms with Crippen LogP contribution in [0.3, 0.4) is 0 Å². The van der Waals surface area contributed by atoms with Crippen LogP contribution in [-0.4, -0.2) is 70.6 Å². The van der Waals surface area contributed by atoms with E-state index in [1.807, 2.05) is 78.6 Å². The summed E-state index contributed by atoms with van der Waals surface area (Å²) in [7, 11) is 2.13. The number of carbonyl (C=O) groups is 1. The van der Waals surface area contributed by atoms with Gasteiger partial charge >= 0.3 is 0 Å². The topological polar surface area (TPSA) is 77.5 Å². The second kappa shape index (κ2) is 11.3. The fraction of sp³-hybridized carbons (Fsp3) is 0.241. The molecular weight excluding hydrogens is 462 g/mol. The Hall–Kier alpha value is -4.14. The minimum absolute atomic E-state index is 0.0433. The normalized spacial score (nSPS) is 14.3. The number of likely N-dealkylation sites (N-methyl/N-ethyl adjacent to an activating group) is 1. The van der Waals surface area contributed by atoms with Crippen molar-refractivity contribution >= 4 is 23.2 Å². The van der Waals surface area contributed by atoms with E-state index in [2.05, 4.69) is 32.1 Å². The largest absolute Gasteiger partial charge is 0.322 e. The number of anilines is 3. The molecule has 1 fully saturated rings. The molecule has 0 unspecified atom stereocenters. The molecule has 1 amide bonds. The van der Waals surface area contributed by atoms with Crippen LogP contribution >= 0.6 is 0 Å². The molecule has 8 nitrogen and oxygen atoms in total. The average Bonchev–Trinajstić information content (AvgIpc) is 2.94. The van der Waals surface area contributed by atoms with Crippen molar-refractivity contribution in [2.45, 2.75) is 6.92 Å².